The van der Waals surface area contributed by atoms with Crippen LogP contribution in [-0.4, -0.2) is 17.8 Å². The van der Waals surface area contributed by atoms with Gasteiger partial charge in [0.15, 0.2) is 0 Å². The van der Waals surface area contributed by atoms with Crippen LogP contribution in [0.1, 0.15) is 34.5 Å². The first-order valence-electron chi connectivity index (χ1n) is 5.63. The lowest BCUT2D eigenvalue weighted by molar-refractivity contribution is 0.0933. The fraction of sp³-hybridized carbons (Fsp3) is 0.583. The van der Waals surface area contributed by atoms with Gasteiger partial charge in [-0.05, 0) is 42.7 Å². The summed E-state index contributed by atoms with van der Waals surface area (Å²) in [5.74, 6) is 1.16. The zero-order valence-corrected chi connectivity index (χ0v) is 10.9. The maximum absolute atomic E-state index is 12.0. The SMILES string of the molecule is Cc1ccsc1C(=O)NC1CCCC1CCl. The van der Waals surface area contributed by atoms with E-state index in [0.29, 0.717) is 11.8 Å². The van der Waals surface area contributed by atoms with Crippen molar-refractivity contribution in [3.05, 3.63) is 21.9 Å². The molecular weight excluding hydrogens is 242 g/mol. The Bertz CT molecular complexity index is 377. The zero-order valence-electron chi connectivity index (χ0n) is 9.33. The highest BCUT2D eigenvalue weighted by Crippen LogP contribution is 2.27. The maximum Gasteiger partial charge on any atom is 0.261 e. The van der Waals surface area contributed by atoms with Crippen molar-refractivity contribution in [2.75, 3.05) is 5.88 Å². The molecule has 0 aliphatic heterocycles. The first kappa shape index (κ1) is 11.9. The second-order valence-corrected chi connectivity index (χ2v) is 5.58. The van der Waals surface area contributed by atoms with Crippen molar-refractivity contribution in [2.24, 2.45) is 5.92 Å². The molecule has 1 fully saturated rings. The van der Waals surface area contributed by atoms with Gasteiger partial charge in [0, 0.05) is 11.9 Å². The second-order valence-electron chi connectivity index (χ2n) is 4.36. The van der Waals surface area contributed by atoms with Crippen LogP contribution in [0.5, 0.6) is 0 Å². The van der Waals surface area contributed by atoms with Gasteiger partial charge in [-0.25, -0.2) is 0 Å². The Kier molecular flexibility index (Phi) is 3.87. The van der Waals surface area contributed by atoms with E-state index >= 15 is 0 Å². The van der Waals surface area contributed by atoms with Gasteiger partial charge in [0.2, 0.25) is 0 Å². The van der Waals surface area contributed by atoms with Crippen LogP contribution in [0.4, 0.5) is 0 Å². The topological polar surface area (TPSA) is 29.1 Å². The van der Waals surface area contributed by atoms with Crippen molar-refractivity contribution in [2.45, 2.75) is 32.2 Å². The molecule has 0 radical (unpaired) electrons. The van der Waals surface area contributed by atoms with Crippen LogP contribution in [0.25, 0.3) is 0 Å². The number of amides is 1. The van der Waals surface area contributed by atoms with Gasteiger partial charge in [-0.15, -0.1) is 22.9 Å². The highest BCUT2D eigenvalue weighted by Gasteiger charge is 2.28. The van der Waals surface area contributed by atoms with Crippen molar-refractivity contribution in [1.29, 1.82) is 0 Å². The van der Waals surface area contributed by atoms with E-state index in [1.165, 1.54) is 17.8 Å². The Morgan fingerprint density at radius 3 is 3.06 bits per heavy atom. The van der Waals surface area contributed by atoms with Crippen molar-refractivity contribution >= 4 is 28.8 Å². The third-order valence-corrected chi connectivity index (χ3v) is 4.65. The van der Waals surface area contributed by atoms with E-state index in [2.05, 4.69) is 5.32 Å². The molecule has 4 heteroatoms. The number of hydrogen-bond donors (Lipinski definition) is 1. The molecule has 1 aromatic rings. The van der Waals surface area contributed by atoms with Crippen LogP contribution >= 0.6 is 22.9 Å². The molecule has 1 aromatic heterocycles. The molecular formula is C12H16ClNOS. The minimum absolute atomic E-state index is 0.0644. The monoisotopic (exact) mass is 257 g/mol. The average molecular weight is 258 g/mol. The number of hydrogen-bond acceptors (Lipinski definition) is 2. The average Bonchev–Trinajstić information content (AvgIpc) is 2.86. The van der Waals surface area contributed by atoms with E-state index in [-0.39, 0.29) is 11.9 Å². The Morgan fingerprint density at radius 1 is 1.62 bits per heavy atom. The van der Waals surface area contributed by atoms with E-state index in [9.17, 15) is 4.79 Å². The Balaban J connectivity index is 2.00. The predicted octanol–water partition coefficient (Wildman–Crippen LogP) is 3.19. The largest absolute Gasteiger partial charge is 0.348 e. The minimum Gasteiger partial charge on any atom is -0.348 e. The summed E-state index contributed by atoms with van der Waals surface area (Å²) in [6.07, 6.45) is 3.37. The third kappa shape index (κ3) is 2.41. The summed E-state index contributed by atoms with van der Waals surface area (Å²) in [4.78, 5) is 12.8. The van der Waals surface area contributed by atoms with Crippen LogP contribution in [0, 0.1) is 12.8 Å². The van der Waals surface area contributed by atoms with Crippen molar-refractivity contribution in [1.82, 2.24) is 5.32 Å². The van der Waals surface area contributed by atoms with Gasteiger partial charge in [-0.2, -0.15) is 0 Å². The number of halogens is 1. The van der Waals surface area contributed by atoms with Gasteiger partial charge < -0.3 is 5.32 Å². The molecule has 2 atom stereocenters. The number of carbonyl (C=O) groups excluding carboxylic acids is 1. The summed E-state index contributed by atoms with van der Waals surface area (Å²) in [6, 6.07) is 2.25. The lowest BCUT2D eigenvalue weighted by atomic mass is 10.1. The highest BCUT2D eigenvalue weighted by molar-refractivity contribution is 7.12. The molecule has 1 aliphatic rings. The van der Waals surface area contributed by atoms with E-state index in [1.807, 2.05) is 18.4 Å². The molecule has 0 aromatic carbocycles. The quantitative estimate of drug-likeness (QED) is 0.828. The van der Waals surface area contributed by atoms with Gasteiger partial charge in [-0.1, -0.05) is 6.42 Å². The normalized spacial score (nSPS) is 24.6. The fourth-order valence-corrected chi connectivity index (χ4v) is 3.45. The molecule has 0 bridgehead atoms. The molecule has 1 aliphatic carbocycles. The number of aryl methyl sites for hydroxylation is 1. The number of alkyl halides is 1. The molecule has 2 nitrogen and oxygen atoms in total. The lowest BCUT2D eigenvalue weighted by Gasteiger charge is -2.18. The van der Waals surface area contributed by atoms with E-state index in [0.717, 1.165) is 23.3 Å². The van der Waals surface area contributed by atoms with Crippen molar-refractivity contribution < 1.29 is 4.79 Å². The maximum atomic E-state index is 12.0. The third-order valence-electron chi connectivity index (χ3n) is 3.24. The van der Waals surface area contributed by atoms with Gasteiger partial charge in [0.05, 0.1) is 4.88 Å². The summed E-state index contributed by atoms with van der Waals surface area (Å²) in [7, 11) is 0. The summed E-state index contributed by atoms with van der Waals surface area (Å²) in [6.45, 7) is 1.97. The molecule has 2 rings (SSSR count). The van der Waals surface area contributed by atoms with Crippen LogP contribution in [0.2, 0.25) is 0 Å². The smallest absolute Gasteiger partial charge is 0.261 e. The van der Waals surface area contributed by atoms with Crippen molar-refractivity contribution in [3.8, 4) is 0 Å². The standard InChI is InChI=1S/C12H16ClNOS/c1-8-5-6-16-11(8)12(15)14-10-4-2-3-9(10)7-13/h5-6,9-10H,2-4,7H2,1H3,(H,14,15). The second kappa shape index (κ2) is 5.19. The molecule has 0 saturated heterocycles. The molecule has 1 N–H and O–H groups in total. The van der Waals surface area contributed by atoms with Gasteiger partial charge in [-0.3, -0.25) is 4.79 Å². The fourth-order valence-electron chi connectivity index (χ4n) is 2.25. The molecule has 1 heterocycles. The van der Waals surface area contributed by atoms with Crippen LogP contribution in [0.15, 0.2) is 11.4 Å². The first-order valence-corrected chi connectivity index (χ1v) is 7.04. The van der Waals surface area contributed by atoms with Crippen molar-refractivity contribution in [3.63, 3.8) is 0 Å². The first-order chi connectivity index (χ1) is 7.72. The number of carbonyl (C=O) groups is 1. The molecule has 1 saturated carbocycles. The summed E-state index contributed by atoms with van der Waals surface area (Å²) >= 11 is 7.40. The molecule has 1 amide bonds. The predicted molar refractivity (Wildman–Crippen MR) is 68.4 cm³/mol. The van der Waals surface area contributed by atoms with Crippen LogP contribution in [-0.2, 0) is 0 Å². The molecule has 88 valence electrons. The van der Waals surface area contributed by atoms with Gasteiger partial charge >= 0.3 is 0 Å². The lowest BCUT2D eigenvalue weighted by Crippen LogP contribution is -2.37. The van der Waals surface area contributed by atoms with E-state index in [1.54, 1.807) is 0 Å². The van der Waals surface area contributed by atoms with Crippen LogP contribution < -0.4 is 5.32 Å². The Labute approximate surface area is 105 Å². The summed E-state index contributed by atoms with van der Waals surface area (Å²) in [5, 5.41) is 5.07. The summed E-state index contributed by atoms with van der Waals surface area (Å²) in [5.41, 5.74) is 1.06. The molecule has 0 spiro atoms. The zero-order chi connectivity index (χ0) is 11.5. The van der Waals surface area contributed by atoms with Gasteiger partial charge in [0.25, 0.3) is 5.91 Å². The number of thiophene rings is 1. The Hall–Kier alpha value is -0.540. The van der Waals surface area contributed by atoms with E-state index in [4.69, 9.17) is 11.6 Å². The van der Waals surface area contributed by atoms with E-state index < -0.39 is 0 Å². The number of nitrogens with one attached hydrogen (secondary N) is 1. The number of rotatable bonds is 3. The van der Waals surface area contributed by atoms with Crippen LogP contribution in [0.3, 0.4) is 0 Å². The van der Waals surface area contributed by atoms with Gasteiger partial charge in [0.1, 0.15) is 0 Å². The minimum atomic E-state index is 0.0644. The highest BCUT2D eigenvalue weighted by atomic mass is 35.5. The summed E-state index contributed by atoms with van der Waals surface area (Å²) < 4.78 is 0. The molecule has 2 unspecified atom stereocenters. The molecule has 16 heavy (non-hydrogen) atoms. The Morgan fingerprint density at radius 2 is 2.44 bits per heavy atom.